The smallest absolute Gasteiger partial charge is 0.313 e. The number of aromatic amines is 1. The molecule has 1 N–H and O–H groups in total. The fourth-order valence-corrected chi connectivity index (χ4v) is 2.77. The van der Waals surface area contributed by atoms with Crippen LogP contribution in [0.5, 0.6) is 0 Å². The van der Waals surface area contributed by atoms with Gasteiger partial charge in [-0.25, -0.2) is 0 Å². The first-order valence-corrected chi connectivity index (χ1v) is 8.01. The molecule has 1 aromatic heterocycles. The van der Waals surface area contributed by atoms with Crippen LogP contribution in [0.3, 0.4) is 0 Å². The molecule has 0 spiro atoms. The molecule has 0 saturated carbocycles. The van der Waals surface area contributed by atoms with Gasteiger partial charge in [-0.1, -0.05) is 55.5 Å². The number of pyridine rings is 1. The number of benzene rings is 2. The van der Waals surface area contributed by atoms with E-state index in [1.165, 1.54) is 0 Å². The molecular weight excluding hydrogens is 302 g/mol. The largest absolute Gasteiger partial charge is 0.460 e. The fraction of sp³-hybridized carbons (Fsp3) is 0.200. The molecule has 4 nitrogen and oxygen atoms in total. The molecule has 0 aliphatic carbocycles. The SMILES string of the molecule is CCC(C(=O)OCc1cc2ccccc2[nH]c1=O)c1ccccc1. The van der Waals surface area contributed by atoms with Gasteiger partial charge in [0.25, 0.3) is 5.56 Å². The van der Waals surface area contributed by atoms with Crippen LogP contribution < -0.4 is 5.56 Å². The highest BCUT2D eigenvalue weighted by Crippen LogP contribution is 2.21. The Bertz CT molecular complexity index is 899. The van der Waals surface area contributed by atoms with Gasteiger partial charge in [0.05, 0.1) is 11.5 Å². The zero-order valence-electron chi connectivity index (χ0n) is 13.5. The molecule has 3 rings (SSSR count). The lowest BCUT2D eigenvalue weighted by Gasteiger charge is -2.14. The first-order chi connectivity index (χ1) is 11.7. The van der Waals surface area contributed by atoms with Crippen molar-refractivity contribution in [2.24, 2.45) is 0 Å². The molecule has 1 unspecified atom stereocenters. The van der Waals surface area contributed by atoms with Crippen molar-refractivity contribution in [3.63, 3.8) is 0 Å². The maximum absolute atomic E-state index is 12.4. The molecule has 4 heteroatoms. The summed E-state index contributed by atoms with van der Waals surface area (Å²) >= 11 is 0. The van der Waals surface area contributed by atoms with Gasteiger partial charge in [0.2, 0.25) is 0 Å². The summed E-state index contributed by atoms with van der Waals surface area (Å²) in [5, 5.41) is 0.915. The van der Waals surface area contributed by atoms with Crippen LogP contribution >= 0.6 is 0 Å². The van der Waals surface area contributed by atoms with Gasteiger partial charge in [-0.15, -0.1) is 0 Å². The van der Waals surface area contributed by atoms with E-state index in [-0.39, 0.29) is 24.1 Å². The Balaban J connectivity index is 1.76. The number of carbonyl (C=O) groups excluding carboxylic acids is 1. The van der Waals surface area contributed by atoms with Crippen molar-refractivity contribution in [2.45, 2.75) is 25.9 Å². The van der Waals surface area contributed by atoms with Crippen LogP contribution in [0.15, 0.2) is 65.5 Å². The molecule has 0 fully saturated rings. The van der Waals surface area contributed by atoms with E-state index in [0.717, 1.165) is 16.5 Å². The van der Waals surface area contributed by atoms with Gasteiger partial charge >= 0.3 is 5.97 Å². The van der Waals surface area contributed by atoms with E-state index in [1.54, 1.807) is 6.07 Å². The summed E-state index contributed by atoms with van der Waals surface area (Å²) in [6.07, 6.45) is 0.650. The molecule has 0 radical (unpaired) electrons. The van der Waals surface area contributed by atoms with Gasteiger partial charge in [0, 0.05) is 5.52 Å². The van der Waals surface area contributed by atoms with Crippen molar-refractivity contribution in [3.05, 3.63) is 82.1 Å². The molecule has 3 aromatic rings. The van der Waals surface area contributed by atoms with Crippen LogP contribution in [-0.4, -0.2) is 11.0 Å². The normalized spacial score (nSPS) is 12.0. The van der Waals surface area contributed by atoms with Crippen molar-refractivity contribution >= 4 is 16.9 Å². The summed E-state index contributed by atoms with van der Waals surface area (Å²) < 4.78 is 5.41. The molecule has 122 valence electrons. The van der Waals surface area contributed by atoms with Gasteiger partial charge in [-0.3, -0.25) is 9.59 Å². The Morgan fingerprint density at radius 3 is 2.54 bits per heavy atom. The van der Waals surface area contributed by atoms with E-state index in [9.17, 15) is 9.59 Å². The molecule has 0 saturated heterocycles. The number of hydrogen-bond donors (Lipinski definition) is 1. The summed E-state index contributed by atoms with van der Waals surface area (Å²) in [4.78, 5) is 27.3. The third-order valence-corrected chi connectivity index (χ3v) is 4.10. The number of hydrogen-bond acceptors (Lipinski definition) is 3. The average molecular weight is 321 g/mol. The Morgan fingerprint density at radius 2 is 1.79 bits per heavy atom. The van der Waals surface area contributed by atoms with Crippen LogP contribution in [0, 0.1) is 0 Å². The summed E-state index contributed by atoms with van der Waals surface area (Å²) in [6.45, 7) is 1.92. The van der Waals surface area contributed by atoms with E-state index in [1.807, 2.05) is 61.5 Å². The highest BCUT2D eigenvalue weighted by Gasteiger charge is 2.20. The number of rotatable bonds is 5. The van der Waals surface area contributed by atoms with Gasteiger partial charge in [-0.2, -0.15) is 0 Å². The summed E-state index contributed by atoms with van der Waals surface area (Å²) in [7, 11) is 0. The van der Waals surface area contributed by atoms with Gasteiger partial charge in [-0.05, 0) is 29.5 Å². The topological polar surface area (TPSA) is 59.2 Å². The number of aromatic nitrogens is 1. The Hall–Kier alpha value is -2.88. The molecule has 1 atom stereocenters. The van der Waals surface area contributed by atoms with Crippen molar-refractivity contribution in [3.8, 4) is 0 Å². The van der Waals surface area contributed by atoms with E-state index in [2.05, 4.69) is 4.98 Å². The third-order valence-electron chi connectivity index (χ3n) is 4.10. The number of ether oxygens (including phenoxy) is 1. The lowest BCUT2D eigenvalue weighted by Crippen LogP contribution is -2.19. The Labute approximate surface area is 140 Å². The number of para-hydroxylation sites is 1. The average Bonchev–Trinajstić information content (AvgIpc) is 2.61. The quantitative estimate of drug-likeness (QED) is 0.728. The van der Waals surface area contributed by atoms with Crippen molar-refractivity contribution in [1.29, 1.82) is 0 Å². The van der Waals surface area contributed by atoms with Crippen molar-refractivity contribution in [1.82, 2.24) is 4.98 Å². The molecule has 0 aliphatic heterocycles. The number of H-pyrrole nitrogens is 1. The standard InChI is InChI=1S/C20H19NO3/c1-2-17(14-8-4-3-5-9-14)20(23)24-13-16-12-15-10-6-7-11-18(15)21-19(16)22/h3-12,17H,2,13H2,1H3,(H,21,22). The minimum absolute atomic E-state index is 0.0255. The Kier molecular flexibility index (Phi) is 4.75. The fourth-order valence-electron chi connectivity index (χ4n) is 2.77. The number of fused-ring (bicyclic) bond motifs is 1. The van der Waals surface area contributed by atoms with E-state index < -0.39 is 0 Å². The second-order valence-corrected chi connectivity index (χ2v) is 5.69. The Morgan fingerprint density at radius 1 is 1.08 bits per heavy atom. The molecular formula is C20H19NO3. The lowest BCUT2D eigenvalue weighted by molar-refractivity contribution is -0.146. The van der Waals surface area contributed by atoms with E-state index >= 15 is 0 Å². The molecule has 2 aromatic carbocycles. The maximum atomic E-state index is 12.4. The zero-order valence-corrected chi connectivity index (χ0v) is 13.5. The highest BCUT2D eigenvalue weighted by molar-refractivity contribution is 5.79. The minimum atomic E-state index is -0.314. The monoisotopic (exact) mass is 321 g/mol. The summed E-state index contributed by atoms with van der Waals surface area (Å²) in [6, 6.07) is 18.8. The predicted molar refractivity (Wildman–Crippen MR) is 93.8 cm³/mol. The van der Waals surface area contributed by atoms with Crippen molar-refractivity contribution < 1.29 is 9.53 Å². The zero-order chi connectivity index (χ0) is 16.9. The van der Waals surface area contributed by atoms with Gasteiger partial charge < -0.3 is 9.72 Å². The lowest BCUT2D eigenvalue weighted by atomic mass is 9.97. The van der Waals surface area contributed by atoms with Crippen LogP contribution in [0.2, 0.25) is 0 Å². The first kappa shape index (κ1) is 16.0. The molecule has 0 amide bonds. The van der Waals surface area contributed by atoms with Crippen LogP contribution in [0.25, 0.3) is 10.9 Å². The minimum Gasteiger partial charge on any atom is -0.460 e. The first-order valence-electron chi connectivity index (χ1n) is 8.01. The molecule has 0 bridgehead atoms. The van der Waals surface area contributed by atoms with Crippen LogP contribution in [0.4, 0.5) is 0 Å². The second kappa shape index (κ2) is 7.13. The predicted octanol–water partition coefficient (Wildman–Crippen LogP) is 3.77. The summed E-state index contributed by atoms with van der Waals surface area (Å²) in [5.41, 5.74) is 1.92. The van der Waals surface area contributed by atoms with Gasteiger partial charge in [0.15, 0.2) is 0 Å². The second-order valence-electron chi connectivity index (χ2n) is 5.69. The third kappa shape index (κ3) is 3.38. The maximum Gasteiger partial charge on any atom is 0.313 e. The number of esters is 1. The molecule has 0 aliphatic rings. The summed E-state index contributed by atoms with van der Waals surface area (Å²) in [5.74, 6) is -0.623. The van der Waals surface area contributed by atoms with Crippen LogP contribution in [0.1, 0.15) is 30.4 Å². The molecule has 1 heterocycles. The van der Waals surface area contributed by atoms with Crippen LogP contribution in [-0.2, 0) is 16.1 Å². The van der Waals surface area contributed by atoms with E-state index in [0.29, 0.717) is 12.0 Å². The number of nitrogens with one attached hydrogen (secondary N) is 1. The highest BCUT2D eigenvalue weighted by atomic mass is 16.5. The number of carbonyl (C=O) groups is 1. The molecule has 24 heavy (non-hydrogen) atoms. The van der Waals surface area contributed by atoms with Gasteiger partial charge in [0.1, 0.15) is 6.61 Å². The van der Waals surface area contributed by atoms with Crippen molar-refractivity contribution in [2.75, 3.05) is 0 Å². The van der Waals surface area contributed by atoms with E-state index in [4.69, 9.17) is 4.74 Å².